The van der Waals surface area contributed by atoms with E-state index in [1.807, 2.05) is 26.0 Å². The summed E-state index contributed by atoms with van der Waals surface area (Å²) >= 11 is 0. The van der Waals surface area contributed by atoms with Crippen LogP contribution >= 0.6 is 0 Å². The molecule has 5 nitrogen and oxygen atoms in total. The van der Waals surface area contributed by atoms with Crippen LogP contribution < -0.4 is 5.56 Å². The van der Waals surface area contributed by atoms with Crippen LogP contribution in [0.4, 0.5) is 0 Å². The Kier molecular flexibility index (Phi) is 3.72. The van der Waals surface area contributed by atoms with E-state index in [0.717, 1.165) is 22.0 Å². The first-order valence-electron chi connectivity index (χ1n) is 8.54. The van der Waals surface area contributed by atoms with Crippen molar-refractivity contribution in [1.82, 2.24) is 9.88 Å². The maximum atomic E-state index is 12.4. The van der Waals surface area contributed by atoms with Gasteiger partial charge < -0.3 is 4.98 Å². The number of hydrogen-bond acceptors (Lipinski definition) is 3. The number of aromatic amines is 1. The van der Waals surface area contributed by atoms with Crippen molar-refractivity contribution < 1.29 is 9.59 Å². The van der Waals surface area contributed by atoms with Crippen molar-refractivity contribution in [3.8, 4) is 0 Å². The number of aryl methyl sites for hydroxylation is 2. The van der Waals surface area contributed by atoms with Gasteiger partial charge in [0, 0.05) is 23.0 Å². The Morgan fingerprint density at radius 3 is 2.23 bits per heavy atom. The molecule has 1 N–H and O–H groups in total. The number of hydrogen-bond donors (Lipinski definition) is 1. The smallest absolute Gasteiger partial charge is 0.261 e. The first-order chi connectivity index (χ1) is 12.5. The van der Waals surface area contributed by atoms with Gasteiger partial charge in [-0.1, -0.05) is 18.2 Å². The van der Waals surface area contributed by atoms with Crippen molar-refractivity contribution in [3.63, 3.8) is 0 Å². The number of benzene rings is 2. The summed E-state index contributed by atoms with van der Waals surface area (Å²) in [7, 11) is 0. The lowest BCUT2D eigenvalue weighted by atomic mass is 10.0. The summed E-state index contributed by atoms with van der Waals surface area (Å²) in [6.07, 6.45) is 0.323. The van der Waals surface area contributed by atoms with Crippen molar-refractivity contribution in [3.05, 3.63) is 80.6 Å². The number of carbonyl (C=O) groups excluding carboxylic acids is 2. The number of fused-ring (bicyclic) bond motifs is 2. The lowest BCUT2D eigenvalue weighted by molar-refractivity contribution is 0.0656. The summed E-state index contributed by atoms with van der Waals surface area (Å²) < 4.78 is 0. The predicted octanol–water partition coefficient (Wildman–Crippen LogP) is 2.98. The summed E-state index contributed by atoms with van der Waals surface area (Å²) in [5.74, 6) is -0.593. The van der Waals surface area contributed by atoms with Crippen molar-refractivity contribution in [1.29, 1.82) is 0 Å². The van der Waals surface area contributed by atoms with Gasteiger partial charge in [-0.15, -0.1) is 0 Å². The molecule has 1 aliphatic rings. The molecule has 3 aromatic rings. The number of nitrogens with zero attached hydrogens (tertiary/aromatic N) is 1. The van der Waals surface area contributed by atoms with Gasteiger partial charge in [0.05, 0.1) is 11.1 Å². The number of nitrogens with one attached hydrogen (secondary N) is 1. The molecule has 2 aromatic carbocycles. The number of amides is 2. The minimum Gasteiger partial charge on any atom is -0.322 e. The Labute approximate surface area is 150 Å². The van der Waals surface area contributed by atoms with Gasteiger partial charge in [0.25, 0.3) is 17.4 Å². The molecule has 0 unspecified atom stereocenters. The molecule has 0 saturated heterocycles. The Morgan fingerprint density at radius 1 is 0.923 bits per heavy atom. The normalized spacial score (nSPS) is 13.5. The highest BCUT2D eigenvalue weighted by Gasteiger charge is 2.34. The van der Waals surface area contributed by atoms with Gasteiger partial charge in [-0.25, -0.2) is 0 Å². The van der Waals surface area contributed by atoms with Gasteiger partial charge in [0.2, 0.25) is 0 Å². The standard InChI is InChI=1S/C21H18N2O3/c1-12-9-13(2)17-11-14(19(24)22-18(17)10-12)7-8-23-20(25)15-5-3-4-6-16(15)21(23)26/h3-6,9-11H,7-8H2,1-2H3,(H,22,24). The van der Waals surface area contributed by atoms with Crippen LogP contribution in [-0.4, -0.2) is 28.2 Å². The molecule has 4 rings (SSSR count). The molecule has 1 aromatic heterocycles. The van der Waals surface area contributed by atoms with E-state index in [1.165, 1.54) is 4.90 Å². The number of H-pyrrole nitrogens is 1. The lowest BCUT2D eigenvalue weighted by Crippen LogP contribution is -2.32. The summed E-state index contributed by atoms with van der Waals surface area (Å²) in [6.45, 7) is 4.17. The van der Waals surface area contributed by atoms with Crippen molar-refractivity contribution in [2.75, 3.05) is 6.54 Å². The molecule has 0 radical (unpaired) electrons. The first kappa shape index (κ1) is 16.3. The fraction of sp³-hybridized carbons (Fsp3) is 0.190. The summed E-state index contributed by atoms with van der Waals surface area (Å²) in [6, 6.07) is 12.7. The maximum absolute atomic E-state index is 12.4. The minimum absolute atomic E-state index is 0.181. The third-order valence-electron chi connectivity index (χ3n) is 4.87. The topological polar surface area (TPSA) is 70.2 Å². The van der Waals surface area contributed by atoms with Crippen LogP contribution in [0.2, 0.25) is 0 Å². The average Bonchev–Trinajstić information content (AvgIpc) is 2.85. The van der Waals surface area contributed by atoms with E-state index in [2.05, 4.69) is 11.1 Å². The van der Waals surface area contributed by atoms with E-state index >= 15 is 0 Å². The van der Waals surface area contributed by atoms with Crippen LogP contribution in [0.15, 0.2) is 47.3 Å². The Hall–Kier alpha value is -3.21. The molecule has 0 spiro atoms. The number of carbonyl (C=O) groups is 2. The molecular weight excluding hydrogens is 328 g/mol. The predicted molar refractivity (Wildman–Crippen MR) is 99.6 cm³/mol. The SMILES string of the molecule is Cc1cc(C)c2cc(CCN3C(=O)c4ccccc4C3=O)c(=O)[nH]c2c1. The van der Waals surface area contributed by atoms with Crippen LogP contribution in [0.25, 0.3) is 10.9 Å². The zero-order chi connectivity index (χ0) is 18.4. The molecule has 26 heavy (non-hydrogen) atoms. The molecular formula is C21H18N2O3. The van der Waals surface area contributed by atoms with Gasteiger partial charge in [-0.3, -0.25) is 19.3 Å². The summed E-state index contributed by atoms with van der Waals surface area (Å²) in [5.41, 5.74) is 4.22. The third-order valence-corrected chi connectivity index (χ3v) is 4.87. The molecule has 2 amide bonds. The average molecular weight is 346 g/mol. The fourth-order valence-electron chi connectivity index (χ4n) is 3.58. The second-order valence-corrected chi connectivity index (χ2v) is 6.72. The van der Waals surface area contributed by atoms with Gasteiger partial charge in [0.1, 0.15) is 0 Å². The Balaban J connectivity index is 1.63. The molecule has 0 bridgehead atoms. The largest absolute Gasteiger partial charge is 0.322 e. The van der Waals surface area contributed by atoms with E-state index in [9.17, 15) is 14.4 Å². The van der Waals surface area contributed by atoms with Crippen LogP contribution in [0.5, 0.6) is 0 Å². The van der Waals surface area contributed by atoms with E-state index in [-0.39, 0.29) is 23.9 Å². The molecule has 2 heterocycles. The van der Waals surface area contributed by atoms with Gasteiger partial charge in [-0.2, -0.15) is 0 Å². The highest BCUT2D eigenvalue weighted by atomic mass is 16.2. The monoisotopic (exact) mass is 346 g/mol. The number of pyridine rings is 1. The number of aromatic nitrogens is 1. The van der Waals surface area contributed by atoms with E-state index in [4.69, 9.17) is 0 Å². The van der Waals surface area contributed by atoms with E-state index in [1.54, 1.807) is 24.3 Å². The second-order valence-electron chi connectivity index (χ2n) is 6.72. The van der Waals surface area contributed by atoms with Crippen LogP contribution in [0.1, 0.15) is 37.4 Å². The zero-order valence-electron chi connectivity index (χ0n) is 14.6. The highest BCUT2D eigenvalue weighted by molar-refractivity contribution is 6.21. The quantitative estimate of drug-likeness (QED) is 0.741. The Morgan fingerprint density at radius 2 is 1.58 bits per heavy atom. The van der Waals surface area contributed by atoms with E-state index in [0.29, 0.717) is 23.1 Å². The van der Waals surface area contributed by atoms with E-state index < -0.39 is 0 Å². The molecule has 0 atom stereocenters. The molecule has 0 aliphatic carbocycles. The van der Waals surface area contributed by atoms with Crippen molar-refractivity contribution in [2.45, 2.75) is 20.3 Å². The molecule has 5 heteroatoms. The van der Waals surface area contributed by atoms with Gasteiger partial charge in [-0.05, 0) is 55.7 Å². The molecule has 130 valence electrons. The molecule has 0 fully saturated rings. The number of imide groups is 1. The summed E-state index contributed by atoms with van der Waals surface area (Å²) in [4.78, 5) is 41.4. The van der Waals surface area contributed by atoms with Gasteiger partial charge in [0.15, 0.2) is 0 Å². The second kappa shape index (κ2) is 5.95. The lowest BCUT2D eigenvalue weighted by Gasteiger charge is -2.14. The zero-order valence-corrected chi connectivity index (χ0v) is 14.6. The van der Waals surface area contributed by atoms with Crippen molar-refractivity contribution in [2.24, 2.45) is 0 Å². The maximum Gasteiger partial charge on any atom is 0.261 e. The van der Waals surface area contributed by atoms with Crippen LogP contribution in [0, 0.1) is 13.8 Å². The van der Waals surface area contributed by atoms with Crippen molar-refractivity contribution >= 4 is 22.7 Å². The summed E-state index contributed by atoms with van der Waals surface area (Å²) in [5, 5.41) is 0.979. The first-order valence-corrected chi connectivity index (χ1v) is 8.54. The fourth-order valence-corrected chi connectivity index (χ4v) is 3.58. The third kappa shape index (κ3) is 2.52. The number of rotatable bonds is 3. The van der Waals surface area contributed by atoms with Crippen LogP contribution in [0.3, 0.4) is 0 Å². The highest BCUT2D eigenvalue weighted by Crippen LogP contribution is 2.23. The minimum atomic E-state index is -0.297. The molecule has 0 saturated carbocycles. The van der Waals surface area contributed by atoms with Gasteiger partial charge >= 0.3 is 0 Å². The molecule has 1 aliphatic heterocycles. The van der Waals surface area contributed by atoms with Crippen LogP contribution in [-0.2, 0) is 6.42 Å². The Bertz CT molecular complexity index is 1090.